The van der Waals surface area contributed by atoms with E-state index in [-0.39, 0.29) is 16.9 Å². The molecule has 2 rings (SSSR count). The number of alkyl halides is 3. The number of halogens is 3. The number of hydrogen-bond acceptors (Lipinski definition) is 7. The molecule has 0 radical (unpaired) electrons. The molecule has 0 spiro atoms. The Bertz CT molecular complexity index is 873. The van der Waals surface area contributed by atoms with Gasteiger partial charge in [-0.2, -0.15) is 13.2 Å². The molecular formula is C16H14F3N3O6. The zero-order valence-electron chi connectivity index (χ0n) is 14.0. The largest absolute Gasteiger partial charge is 0.416 e. The Morgan fingerprint density at radius 1 is 1.04 bits per heavy atom. The van der Waals surface area contributed by atoms with Crippen molar-refractivity contribution in [1.82, 2.24) is 0 Å². The molecule has 0 aliphatic rings. The van der Waals surface area contributed by atoms with Crippen molar-refractivity contribution < 1.29 is 33.2 Å². The average molecular weight is 401 g/mol. The van der Waals surface area contributed by atoms with Crippen LogP contribution < -0.4 is 5.32 Å². The molecule has 0 heterocycles. The molecule has 0 saturated carbocycles. The van der Waals surface area contributed by atoms with Gasteiger partial charge >= 0.3 is 6.18 Å². The highest BCUT2D eigenvalue weighted by Gasteiger charge is 2.33. The Labute approximate surface area is 155 Å². The van der Waals surface area contributed by atoms with Gasteiger partial charge in [-0.1, -0.05) is 0 Å². The fraction of sp³-hybridized carbons (Fsp3) is 0.250. The van der Waals surface area contributed by atoms with Crippen molar-refractivity contribution >= 4 is 17.1 Å². The first-order valence-electron chi connectivity index (χ1n) is 7.70. The second-order valence-corrected chi connectivity index (χ2v) is 5.71. The molecule has 0 aromatic heterocycles. The molecule has 0 bridgehead atoms. The summed E-state index contributed by atoms with van der Waals surface area (Å²) in [5.41, 5.74) is -2.52. The van der Waals surface area contributed by atoms with E-state index in [1.54, 1.807) is 0 Å². The molecule has 2 aromatic carbocycles. The van der Waals surface area contributed by atoms with E-state index in [9.17, 15) is 43.6 Å². The molecule has 0 amide bonds. The Balaban J connectivity index is 2.30. The lowest BCUT2D eigenvalue weighted by Gasteiger charge is -2.23. The number of non-ortho nitro benzene ring substituents is 1. The lowest BCUT2D eigenvalue weighted by atomic mass is 10.0. The van der Waals surface area contributed by atoms with Crippen LogP contribution >= 0.6 is 0 Å². The molecule has 2 unspecified atom stereocenters. The molecule has 0 aliphatic carbocycles. The summed E-state index contributed by atoms with van der Waals surface area (Å²) in [6.07, 6.45) is -6.23. The number of aliphatic hydroxyl groups is 2. The number of benzene rings is 2. The lowest BCUT2D eigenvalue weighted by molar-refractivity contribution is -0.384. The van der Waals surface area contributed by atoms with Crippen LogP contribution in [0.2, 0.25) is 0 Å². The van der Waals surface area contributed by atoms with Crippen molar-refractivity contribution in [2.45, 2.75) is 18.3 Å². The summed E-state index contributed by atoms with van der Waals surface area (Å²) in [6, 6.07) is 5.27. The topological polar surface area (TPSA) is 139 Å². The quantitative estimate of drug-likeness (QED) is 0.479. The van der Waals surface area contributed by atoms with Gasteiger partial charge in [-0.15, -0.1) is 0 Å². The van der Waals surface area contributed by atoms with Crippen LogP contribution in [-0.2, 0) is 6.18 Å². The molecule has 3 N–H and O–H groups in total. The summed E-state index contributed by atoms with van der Waals surface area (Å²) in [4.78, 5) is 20.1. The molecule has 12 heteroatoms. The van der Waals surface area contributed by atoms with Crippen LogP contribution in [0.4, 0.5) is 30.2 Å². The van der Waals surface area contributed by atoms with E-state index in [0.29, 0.717) is 12.1 Å². The first-order chi connectivity index (χ1) is 13.0. The normalized spacial score (nSPS) is 13.6. The third-order valence-electron chi connectivity index (χ3n) is 3.89. The first-order valence-corrected chi connectivity index (χ1v) is 7.70. The number of hydrogen-bond donors (Lipinski definition) is 3. The SMILES string of the molecule is O=[N+]([O-])c1ccc(C(O)C(CO)Nc2ccc(C(F)(F)F)cc2[N+](=O)[O-])cc1. The number of nitro groups is 2. The van der Waals surface area contributed by atoms with E-state index in [2.05, 4.69) is 5.32 Å². The Kier molecular flexibility index (Phi) is 6.16. The van der Waals surface area contributed by atoms with E-state index < -0.39 is 46.0 Å². The Morgan fingerprint density at radius 3 is 2.11 bits per heavy atom. The number of nitrogens with one attached hydrogen (secondary N) is 1. The summed E-state index contributed by atoms with van der Waals surface area (Å²) < 4.78 is 38.3. The fourth-order valence-corrected chi connectivity index (χ4v) is 2.43. The number of nitro benzene ring substituents is 2. The number of rotatable bonds is 7. The molecule has 2 aromatic rings. The third-order valence-corrected chi connectivity index (χ3v) is 3.89. The van der Waals surface area contributed by atoms with Crippen LogP contribution in [-0.4, -0.2) is 32.7 Å². The molecule has 0 fully saturated rings. The van der Waals surface area contributed by atoms with Crippen molar-refractivity contribution in [2.24, 2.45) is 0 Å². The van der Waals surface area contributed by atoms with Crippen LogP contribution in [0, 0.1) is 20.2 Å². The van der Waals surface area contributed by atoms with Gasteiger partial charge in [0.25, 0.3) is 11.4 Å². The minimum atomic E-state index is -4.78. The molecule has 2 atom stereocenters. The van der Waals surface area contributed by atoms with Gasteiger partial charge in [0, 0.05) is 18.2 Å². The van der Waals surface area contributed by atoms with Gasteiger partial charge in [0.15, 0.2) is 0 Å². The minimum absolute atomic E-state index is 0.159. The highest BCUT2D eigenvalue weighted by atomic mass is 19.4. The maximum Gasteiger partial charge on any atom is 0.416 e. The first kappa shape index (κ1) is 21.1. The van der Waals surface area contributed by atoms with E-state index >= 15 is 0 Å². The van der Waals surface area contributed by atoms with Gasteiger partial charge < -0.3 is 15.5 Å². The summed E-state index contributed by atoms with van der Waals surface area (Å²) >= 11 is 0. The highest BCUT2D eigenvalue weighted by Crippen LogP contribution is 2.36. The Morgan fingerprint density at radius 2 is 1.64 bits per heavy atom. The van der Waals surface area contributed by atoms with Crippen LogP contribution in [0.1, 0.15) is 17.2 Å². The standard InChI is InChI=1S/C16H14F3N3O6/c17-16(18,19)10-3-6-12(14(7-10)22(27)28)20-13(8-23)15(24)9-1-4-11(5-2-9)21(25)26/h1-7,13,15,20,23-24H,8H2. The van der Waals surface area contributed by atoms with Crippen LogP contribution in [0.5, 0.6) is 0 Å². The van der Waals surface area contributed by atoms with E-state index in [4.69, 9.17) is 0 Å². The van der Waals surface area contributed by atoms with Crippen LogP contribution in [0.3, 0.4) is 0 Å². The fourth-order valence-electron chi connectivity index (χ4n) is 2.43. The molecule has 0 aliphatic heterocycles. The monoisotopic (exact) mass is 401 g/mol. The van der Waals surface area contributed by atoms with Crippen molar-refractivity contribution in [3.63, 3.8) is 0 Å². The zero-order chi connectivity index (χ0) is 21.1. The van der Waals surface area contributed by atoms with Gasteiger partial charge in [0.2, 0.25) is 0 Å². The highest BCUT2D eigenvalue weighted by molar-refractivity contribution is 5.63. The van der Waals surface area contributed by atoms with Crippen molar-refractivity contribution in [3.05, 3.63) is 73.8 Å². The van der Waals surface area contributed by atoms with Gasteiger partial charge in [0.05, 0.1) is 28.1 Å². The van der Waals surface area contributed by atoms with E-state index in [1.807, 2.05) is 0 Å². The summed E-state index contributed by atoms with van der Waals surface area (Å²) in [5, 5.41) is 44.1. The maximum atomic E-state index is 12.8. The predicted molar refractivity (Wildman–Crippen MR) is 90.7 cm³/mol. The van der Waals surface area contributed by atoms with Gasteiger partial charge in [0.1, 0.15) is 11.8 Å². The second-order valence-electron chi connectivity index (χ2n) is 5.71. The smallest absolute Gasteiger partial charge is 0.394 e. The van der Waals surface area contributed by atoms with E-state index in [0.717, 1.165) is 18.2 Å². The number of anilines is 1. The molecule has 28 heavy (non-hydrogen) atoms. The number of aliphatic hydroxyl groups excluding tert-OH is 2. The maximum absolute atomic E-state index is 12.8. The van der Waals surface area contributed by atoms with Gasteiger partial charge in [-0.05, 0) is 29.8 Å². The van der Waals surface area contributed by atoms with E-state index in [1.165, 1.54) is 12.1 Å². The Hall–Kier alpha value is -3.25. The van der Waals surface area contributed by atoms with Crippen LogP contribution in [0.25, 0.3) is 0 Å². The summed E-state index contributed by atoms with van der Waals surface area (Å²) in [5.74, 6) is 0. The molecule has 0 saturated heterocycles. The van der Waals surface area contributed by atoms with Gasteiger partial charge in [-0.3, -0.25) is 20.2 Å². The third kappa shape index (κ3) is 4.72. The van der Waals surface area contributed by atoms with Crippen molar-refractivity contribution in [1.29, 1.82) is 0 Å². The second kappa shape index (κ2) is 8.19. The predicted octanol–water partition coefficient (Wildman–Crippen LogP) is 3.03. The minimum Gasteiger partial charge on any atom is -0.394 e. The average Bonchev–Trinajstić information content (AvgIpc) is 2.64. The van der Waals surface area contributed by atoms with Crippen molar-refractivity contribution in [2.75, 3.05) is 11.9 Å². The molecular weight excluding hydrogens is 387 g/mol. The summed E-state index contributed by atoms with van der Waals surface area (Å²) in [6.45, 7) is -0.726. The van der Waals surface area contributed by atoms with Crippen molar-refractivity contribution in [3.8, 4) is 0 Å². The molecule has 150 valence electrons. The summed E-state index contributed by atoms with van der Waals surface area (Å²) in [7, 11) is 0. The lowest BCUT2D eigenvalue weighted by Crippen LogP contribution is -2.31. The van der Waals surface area contributed by atoms with Crippen LogP contribution in [0.15, 0.2) is 42.5 Å². The zero-order valence-corrected chi connectivity index (χ0v) is 14.0. The molecule has 9 nitrogen and oxygen atoms in total. The number of nitrogens with zero attached hydrogens (tertiary/aromatic N) is 2. The van der Waals surface area contributed by atoms with Gasteiger partial charge in [-0.25, -0.2) is 0 Å².